The molecule has 0 unspecified atom stereocenters. The summed E-state index contributed by atoms with van der Waals surface area (Å²) >= 11 is 1.19. The monoisotopic (exact) mass is 236 g/mol. The van der Waals surface area contributed by atoms with Crippen molar-refractivity contribution in [3.8, 4) is 0 Å². The molecule has 0 aliphatic carbocycles. The second-order valence-electron chi connectivity index (χ2n) is 3.01. The van der Waals surface area contributed by atoms with Gasteiger partial charge in [-0.2, -0.15) is 0 Å². The van der Waals surface area contributed by atoms with Crippen LogP contribution in [0.15, 0.2) is 39.1 Å². The minimum absolute atomic E-state index is 0.0878. The van der Waals surface area contributed by atoms with Crippen LogP contribution in [0.2, 0.25) is 0 Å². The molecule has 0 fully saturated rings. The summed E-state index contributed by atoms with van der Waals surface area (Å²) in [5.41, 5.74) is 0.850. The van der Waals surface area contributed by atoms with Crippen molar-refractivity contribution < 1.29 is 14.3 Å². The molecular weight excluding hydrogens is 228 g/mol. The molecule has 0 aromatic carbocycles. The van der Waals surface area contributed by atoms with Crippen molar-refractivity contribution in [1.82, 2.24) is 9.97 Å². The van der Waals surface area contributed by atoms with Crippen molar-refractivity contribution in [1.29, 1.82) is 0 Å². The van der Waals surface area contributed by atoms with E-state index < -0.39 is 5.97 Å². The van der Waals surface area contributed by atoms with E-state index in [4.69, 9.17) is 9.52 Å². The molecule has 0 aliphatic rings. The summed E-state index contributed by atoms with van der Waals surface area (Å²) < 4.78 is 5.07. The van der Waals surface area contributed by atoms with Gasteiger partial charge in [0.05, 0.1) is 0 Å². The molecule has 2 heterocycles. The van der Waals surface area contributed by atoms with Gasteiger partial charge in [0.25, 0.3) is 0 Å². The summed E-state index contributed by atoms with van der Waals surface area (Å²) in [6.07, 6.45) is 1.64. The second kappa shape index (κ2) is 4.36. The molecule has 0 aliphatic heterocycles. The first kappa shape index (κ1) is 10.7. The van der Waals surface area contributed by atoms with E-state index in [1.165, 1.54) is 17.8 Å². The lowest BCUT2D eigenvalue weighted by Crippen LogP contribution is -1.91. The number of carbonyl (C=O) groups is 1. The van der Waals surface area contributed by atoms with Crippen molar-refractivity contribution >= 4 is 17.7 Å². The lowest BCUT2D eigenvalue weighted by Gasteiger charge is -1.96. The van der Waals surface area contributed by atoms with Gasteiger partial charge in [-0.05, 0) is 36.9 Å². The van der Waals surface area contributed by atoms with Crippen LogP contribution in [-0.2, 0) is 0 Å². The number of furan rings is 1. The van der Waals surface area contributed by atoms with Crippen LogP contribution in [0.5, 0.6) is 0 Å². The van der Waals surface area contributed by atoms with Crippen molar-refractivity contribution in [3.63, 3.8) is 0 Å². The summed E-state index contributed by atoms with van der Waals surface area (Å²) in [6, 6.07) is 4.77. The zero-order valence-corrected chi connectivity index (χ0v) is 9.19. The van der Waals surface area contributed by atoms with Crippen LogP contribution in [0.1, 0.15) is 16.2 Å². The average Bonchev–Trinajstić information content (AvgIpc) is 2.66. The molecule has 0 saturated heterocycles. The molecule has 0 atom stereocenters. The van der Waals surface area contributed by atoms with Crippen molar-refractivity contribution in [3.05, 3.63) is 35.9 Å². The summed E-state index contributed by atoms with van der Waals surface area (Å²) in [4.78, 5) is 18.8. The highest BCUT2D eigenvalue weighted by atomic mass is 32.2. The fourth-order valence-corrected chi connectivity index (χ4v) is 1.81. The third kappa shape index (κ3) is 2.40. The zero-order chi connectivity index (χ0) is 11.5. The normalized spacial score (nSPS) is 10.3. The summed E-state index contributed by atoms with van der Waals surface area (Å²) in [5.74, 6) is -1.17. The predicted molar refractivity (Wildman–Crippen MR) is 56.6 cm³/mol. The number of nitrogens with zero attached hydrogens (tertiary/aromatic N) is 2. The number of aromatic carboxylic acids is 1. The SMILES string of the molecule is Cc1ccnc(Sc2ccc(C(=O)O)o2)n1. The van der Waals surface area contributed by atoms with E-state index >= 15 is 0 Å². The Labute approximate surface area is 95.5 Å². The van der Waals surface area contributed by atoms with Gasteiger partial charge in [0, 0.05) is 11.9 Å². The molecule has 6 heteroatoms. The first-order valence-electron chi connectivity index (χ1n) is 4.46. The maximum atomic E-state index is 10.6. The molecule has 0 saturated carbocycles. The minimum atomic E-state index is -1.09. The quantitative estimate of drug-likeness (QED) is 0.823. The van der Waals surface area contributed by atoms with Crippen molar-refractivity contribution in [2.75, 3.05) is 0 Å². The average molecular weight is 236 g/mol. The van der Waals surface area contributed by atoms with Gasteiger partial charge in [-0.25, -0.2) is 14.8 Å². The summed E-state index contributed by atoms with van der Waals surface area (Å²) in [6.45, 7) is 1.86. The fourth-order valence-electron chi connectivity index (χ4n) is 1.05. The van der Waals surface area contributed by atoms with E-state index in [0.29, 0.717) is 10.2 Å². The Morgan fingerprint density at radius 3 is 2.88 bits per heavy atom. The van der Waals surface area contributed by atoms with Crippen LogP contribution in [0, 0.1) is 6.92 Å². The number of aromatic nitrogens is 2. The highest BCUT2D eigenvalue weighted by Gasteiger charge is 2.10. The Balaban J connectivity index is 2.17. The number of carboxylic acid groups (broad SMARTS) is 1. The maximum absolute atomic E-state index is 10.6. The minimum Gasteiger partial charge on any atom is -0.475 e. The van der Waals surface area contributed by atoms with Gasteiger partial charge in [0.1, 0.15) is 0 Å². The number of rotatable bonds is 3. The lowest BCUT2D eigenvalue weighted by molar-refractivity contribution is 0.0656. The molecule has 2 aromatic heterocycles. The highest BCUT2D eigenvalue weighted by Crippen LogP contribution is 2.26. The van der Waals surface area contributed by atoms with Crippen molar-refractivity contribution in [2.45, 2.75) is 17.2 Å². The third-order valence-corrected chi connectivity index (χ3v) is 2.56. The van der Waals surface area contributed by atoms with Gasteiger partial charge in [-0.15, -0.1) is 0 Å². The van der Waals surface area contributed by atoms with Gasteiger partial charge in [-0.1, -0.05) is 0 Å². The molecule has 82 valence electrons. The Morgan fingerprint density at radius 2 is 2.25 bits per heavy atom. The van der Waals surface area contributed by atoms with Gasteiger partial charge >= 0.3 is 5.97 Å². The molecule has 0 amide bonds. The summed E-state index contributed by atoms with van der Waals surface area (Å²) in [7, 11) is 0. The Kier molecular flexibility index (Phi) is 2.91. The lowest BCUT2D eigenvalue weighted by atomic mass is 10.5. The second-order valence-corrected chi connectivity index (χ2v) is 3.98. The topological polar surface area (TPSA) is 76.2 Å². The maximum Gasteiger partial charge on any atom is 0.371 e. The summed E-state index contributed by atoms with van der Waals surface area (Å²) in [5, 5.41) is 9.67. The smallest absolute Gasteiger partial charge is 0.371 e. The van der Waals surface area contributed by atoms with E-state index in [1.54, 1.807) is 18.3 Å². The number of hydrogen-bond donors (Lipinski definition) is 1. The van der Waals surface area contributed by atoms with E-state index in [2.05, 4.69) is 9.97 Å². The van der Waals surface area contributed by atoms with Gasteiger partial charge < -0.3 is 9.52 Å². The fraction of sp³-hybridized carbons (Fsp3) is 0.100. The molecule has 2 rings (SSSR count). The van der Waals surface area contributed by atoms with Crippen LogP contribution in [0.4, 0.5) is 0 Å². The number of hydrogen-bond acceptors (Lipinski definition) is 5. The van der Waals surface area contributed by atoms with Crippen LogP contribution < -0.4 is 0 Å². The highest BCUT2D eigenvalue weighted by molar-refractivity contribution is 7.99. The van der Waals surface area contributed by atoms with Gasteiger partial charge in [-0.3, -0.25) is 0 Å². The Bertz CT molecular complexity index is 524. The predicted octanol–water partition coefficient (Wildman–Crippen LogP) is 2.23. The Morgan fingerprint density at radius 1 is 1.44 bits per heavy atom. The molecule has 16 heavy (non-hydrogen) atoms. The van der Waals surface area contributed by atoms with Crippen LogP contribution >= 0.6 is 11.8 Å². The Hall–Kier alpha value is -1.82. The zero-order valence-electron chi connectivity index (χ0n) is 8.38. The van der Waals surface area contributed by atoms with E-state index in [9.17, 15) is 4.79 Å². The van der Waals surface area contributed by atoms with Crippen LogP contribution in [-0.4, -0.2) is 21.0 Å². The molecule has 0 spiro atoms. The number of carboxylic acids is 1. The van der Waals surface area contributed by atoms with E-state index in [-0.39, 0.29) is 5.76 Å². The molecule has 5 nitrogen and oxygen atoms in total. The van der Waals surface area contributed by atoms with Crippen LogP contribution in [0.3, 0.4) is 0 Å². The van der Waals surface area contributed by atoms with Crippen LogP contribution in [0.25, 0.3) is 0 Å². The molecular formula is C10H8N2O3S. The molecule has 1 N–H and O–H groups in total. The number of aryl methyl sites for hydroxylation is 1. The first-order valence-corrected chi connectivity index (χ1v) is 5.27. The van der Waals surface area contributed by atoms with Gasteiger partial charge in [0.15, 0.2) is 10.2 Å². The first-order chi connectivity index (χ1) is 7.65. The van der Waals surface area contributed by atoms with Gasteiger partial charge in [0.2, 0.25) is 5.76 Å². The van der Waals surface area contributed by atoms with Crippen molar-refractivity contribution in [2.24, 2.45) is 0 Å². The van der Waals surface area contributed by atoms with E-state index in [1.807, 2.05) is 6.92 Å². The molecule has 2 aromatic rings. The largest absolute Gasteiger partial charge is 0.475 e. The van der Waals surface area contributed by atoms with E-state index in [0.717, 1.165) is 5.69 Å². The standard InChI is InChI=1S/C10H8N2O3S/c1-6-4-5-11-10(12-6)16-8-3-2-7(15-8)9(13)14/h2-5H,1H3,(H,13,14). The third-order valence-electron chi connectivity index (χ3n) is 1.76. The molecule has 0 bridgehead atoms. The molecule has 0 radical (unpaired) electrons.